The van der Waals surface area contributed by atoms with Crippen molar-refractivity contribution in [2.75, 3.05) is 0 Å². The lowest BCUT2D eigenvalue weighted by molar-refractivity contribution is 0.883. The molecule has 3 aliphatic carbocycles. The van der Waals surface area contributed by atoms with Crippen molar-refractivity contribution < 1.29 is 0 Å². The van der Waals surface area contributed by atoms with Crippen molar-refractivity contribution in [3.05, 3.63) is 130 Å². The van der Waals surface area contributed by atoms with Crippen molar-refractivity contribution in [1.29, 1.82) is 0 Å². The third-order valence-corrected chi connectivity index (χ3v) is 13.7. The summed E-state index contributed by atoms with van der Waals surface area (Å²) < 4.78 is 0. The summed E-state index contributed by atoms with van der Waals surface area (Å²) in [4.78, 5) is 0. The Balaban J connectivity index is 1.35. The molecule has 0 N–H and O–H groups in total. The fraction of sp³-hybridized carbons (Fsp3) is 0.243. The van der Waals surface area contributed by atoms with Gasteiger partial charge in [0.15, 0.2) is 0 Å². The summed E-state index contributed by atoms with van der Waals surface area (Å²) >= 11 is 0. The van der Waals surface area contributed by atoms with Crippen LogP contribution in [0.4, 0.5) is 0 Å². The first-order valence-corrected chi connectivity index (χ1v) is 17.4. The molecule has 0 nitrogen and oxygen atoms in total. The fourth-order valence-corrected chi connectivity index (χ4v) is 12.5. The zero-order chi connectivity index (χ0) is 26.0. The molecule has 7 rings (SSSR count). The molecule has 0 saturated heterocycles. The Bertz CT molecular complexity index is 1600. The van der Waals surface area contributed by atoms with Crippen LogP contribution >= 0.6 is 0 Å². The highest BCUT2D eigenvalue weighted by atomic mass is 28.3. The maximum Gasteiger partial charge on any atom is 0.0722 e. The maximum absolute atomic E-state index is 2.67. The van der Waals surface area contributed by atoms with E-state index in [0.29, 0.717) is 11.1 Å². The van der Waals surface area contributed by atoms with E-state index in [4.69, 9.17) is 0 Å². The largest absolute Gasteiger partial charge is 0.0722 e. The lowest BCUT2D eigenvalue weighted by Gasteiger charge is -2.40. The van der Waals surface area contributed by atoms with Gasteiger partial charge in [0, 0.05) is 11.1 Å². The van der Waals surface area contributed by atoms with Gasteiger partial charge < -0.3 is 0 Å². The summed E-state index contributed by atoms with van der Waals surface area (Å²) in [7, 11) is -1.88. The van der Waals surface area contributed by atoms with Crippen LogP contribution in [0.15, 0.2) is 102 Å². The van der Waals surface area contributed by atoms with Crippen LogP contribution in [0.2, 0.25) is 13.1 Å². The van der Waals surface area contributed by atoms with Gasteiger partial charge in [0.2, 0.25) is 0 Å². The second-order valence-electron chi connectivity index (χ2n) is 12.3. The number of rotatable bonds is 5. The van der Waals surface area contributed by atoms with Gasteiger partial charge in [-0.2, -0.15) is 0 Å². The van der Waals surface area contributed by atoms with E-state index in [0.717, 1.165) is 5.92 Å². The average molecular weight is 509 g/mol. The average Bonchev–Trinajstić information content (AvgIpc) is 3.59. The number of hydrogen-bond donors (Lipinski definition) is 0. The van der Waals surface area contributed by atoms with Crippen LogP contribution in [-0.4, -0.2) is 8.07 Å². The Kier molecular flexibility index (Phi) is 5.49. The molecule has 2 unspecified atom stereocenters. The van der Waals surface area contributed by atoms with Gasteiger partial charge in [-0.15, -0.1) is 0 Å². The second-order valence-corrected chi connectivity index (χ2v) is 17.1. The molecule has 0 bridgehead atoms. The SMILES string of the molecule is CC1=Cc2c(-c3ccccc3)cccc2C1[Si](C)(C)C1C(C2CC2)=Cc2c(-c3ccc(C)cc3)cccc21. The van der Waals surface area contributed by atoms with E-state index in [9.17, 15) is 0 Å². The smallest absolute Gasteiger partial charge is 0.0679 e. The molecule has 4 aromatic rings. The number of allylic oxidation sites excluding steroid dienone is 2. The highest BCUT2D eigenvalue weighted by Gasteiger charge is 2.50. The minimum Gasteiger partial charge on any atom is -0.0679 e. The van der Waals surface area contributed by atoms with Crippen LogP contribution in [0.5, 0.6) is 0 Å². The third-order valence-electron chi connectivity index (χ3n) is 9.36. The first-order chi connectivity index (χ1) is 18.4. The molecule has 0 heterocycles. The molecule has 188 valence electrons. The number of hydrogen-bond acceptors (Lipinski definition) is 0. The van der Waals surface area contributed by atoms with Crippen LogP contribution < -0.4 is 0 Å². The normalized spacial score (nSPS) is 20.1. The Morgan fingerprint density at radius 1 is 0.579 bits per heavy atom. The summed E-state index contributed by atoms with van der Waals surface area (Å²) in [6.07, 6.45) is 7.84. The Morgan fingerprint density at radius 2 is 1.16 bits per heavy atom. The van der Waals surface area contributed by atoms with Crippen molar-refractivity contribution in [2.45, 2.75) is 50.9 Å². The van der Waals surface area contributed by atoms with Gasteiger partial charge in [-0.05, 0) is 77.1 Å². The fourth-order valence-electron chi connectivity index (χ4n) is 7.59. The van der Waals surface area contributed by atoms with E-state index >= 15 is 0 Å². The molecule has 0 amide bonds. The summed E-state index contributed by atoms with van der Waals surface area (Å²) in [5, 5.41) is 0. The van der Waals surface area contributed by atoms with Gasteiger partial charge >= 0.3 is 0 Å². The molecule has 0 aromatic heterocycles. The predicted molar refractivity (Wildman–Crippen MR) is 166 cm³/mol. The van der Waals surface area contributed by atoms with Gasteiger partial charge in [-0.1, -0.05) is 133 Å². The van der Waals surface area contributed by atoms with Crippen molar-refractivity contribution in [2.24, 2.45) is 5.92 Å². The van der Waals surface area contributed by atoms with Gasteiger partial charge in [-0.25, -0.2) is 0 Å². The standard InChI is InChI=1S/C37H36Si/c1-24-16-18-27(19-17-24)30-13-9-15-32-35(30)23-33(28-20-21-28)37(32)38(3,4)36-25(2)22-34-29(12-8-14-31(34)36)26-10-6-5-7-11-26/h5-19,22-23,28,36-37H,20-21H2,1-4H3. The Morgan fingerprint density at radius 3 is 1.79 bits per heavy atom. The first-order valence-electron chi connectivity index (χ1n) is 14.2. The molecule has 4 aromatic carbocycles. The highest BCUT2D eigenvalue weighted by Crippen LogP contribution is 2.58. The molecule has 1 heteroatoms. The minimum atomic E-state index is -1.88. The number of fused-ring (bicyclic) bond motifs is 2. The van der Waals surface area contributed by atoms with E-state index in [1.165, 1.54) is 51.8 Å². The molecule has 0 aliphatic heterocycles. The zero-order valence-corrected chi connectivity index (χ0v) is 24.0. The van der Waals surface area contributed by atoms with Crippen molar-refractivity contribution in [3.63, 3.8) is 0 Å². The maximum atomic E-state index is 2.67. The van der Waals surface area contributed by atoms with Gasteiger partial charge in [0.1, 0.15) is 0 Å². The van der Waals surface area contributed by atoms with Crippen LogP contribution in [0.1, 0.15) is 58.7 Å². The molecular weight excluding hydrogens is 472 g/mol. The van der Waals surface area contributed by atoms with Crippen molar-refractivity contribution >= 4 is 20.2 Å². The van der Waals surface area contributed by atoms with E-state index < -0.39 is 8.07 Å². The summed E-state index contributed by atoms with van der Waals surface area (Å²) in [6.45, 7) is 9.92. The van der Waals surface area contributed by atoms with Crippen LogP contribution in [0, 0.1) is 12.8 Å². The van der Waals surface area contributed by atoms with Crippen LogP contribution in [0.25, 0.3) is 34.4 Å². The minimum absolute atomic E-state index is 0.530. The summed E-state index contributed by atoms with van der Waals surface area (Å²) in [5.74, 6) is 0.769. The van der Waals surface area contributed by atoms with E-state index in [-0.39, 0.29) is 0 Å². The third kappa shape index (κ3) is 3.71. The zero-order valence-electron chi connectivity index (χ0n) is 23.0. The van der Waals surface area contributed by atoms with Gasteiger partial charge in [-0.3, -0.25) is 0 Å². The number of benzene rings is 4. The molecule has 0 radical (unpaired) electrons. The van der Waals surface area contributed by atoms with Crippen LogP contribution in [0.3, 0.4) is 0 Å². The lowest BCUT2D eigenvalue weighted by Crippen LogP contribution is -2.42. The van der Waals surface area contributed by atoms with E-state index in [1.807, 2.05) is 0 Å². The quantitative estimate of drug-likeness (QED) is 0.235. The predicted octanol–water partition coefficient (Wildman–Crippen LogP) is 10.2. The molecule has 0 spiro atoms. The Labute approximate surface area is 228 Å². The van der Waals surface area contributed by atoms with Crippen LogP contribution in [-0.2, 0) is 0 Å². The lowest BCUT2D eigenvalue weighted by atomic mass is 9.96. The van der Waals surface area contributed by atoms with Crippen molar-refractivity contribution in [1.82, 2.24) is 0 Å². The summed E-state index contributed by atoms with van der Waals surface area (Å²) in [6, 6.07) is 34.2. The molecule has 1 saturated carbocycles. The van der Waals surface area contributed by atoms with E-state index in [2.05, 4.69) is 130 Å². The highest BCUT2D eigenvalue weighted by molar-refractivity contribution is 6.81. The monoisotopic (exact) mass is 508 g/mol. The first kappa shape index (κ1) is 23.7. The molecular formula is C37H36Si. The summed E-state index contributed by atoms with van der Waals surface area (Å²) in [5.41, 5.74) is 17.2. The Hall–Kier alpha value is -3.42. The van der Waals surface area contributed by atoms with E-state index in [1.54, 1.807) is 22.3 Å². The van der Waals surface area contributed by atoms with Gasteiger partial charge in [0.25, 0.3) is 0 Å². The van der Waals surface area contributed by atoms with Crippen molar-refractivity contribution in [3.8, 4) is 22.3 Å². The second kappa shape index (κ2) is 8.82. The molecule has 38 heavy (non-hydrogen) atoms. The molecule has 3 aliphatic rings. The number of aryl methyl sites for hydroxylation is 1. The van der Waals surface area contributed by atoms with Gasteiger partial charge in [0.05, 0.1) is 8.07 Å². The topological polar surface area (TPSA) is 0 Å². The molecule has 1 fully saturated rings. The molecule has 2 atom stereocenters.